The van der Waals surface area contributed by atoms with Crippen LogP contribution in [-0.4, -0.2) is 0 Å². The first-order valence-electron chi connectivity index (χ1n) is 21.3. The summed E-state index contributed by atoms with van der Waals surface area (Å²) in [5.41, 5.74) is 15.0. The molecule has 0 saturated carbocycles. The molecule has 290 valence electrons. The highest BCUT2D eigenvalue weighted by atomic mass is 16.5. The second-order valence-electron chi connectivity index (χ2n) is 16.0. The number of para-hydroxylation sites is 3. The third kappa shape index (κ3) is 5.96. The van der Waals surface area contributed by atoms with E-state index in [0.29, 0.717) is 0 Å². The molecule has 0 fully saturated rings. The first-order chi connectivity index (χ1) is 30.8. The van der Waals surface area contributed by atoms with Crippen molar-refractivity contribution >= 4 is 49.4 Å². The predicted molar refractivity (Wildman–Crippen MR) is 261 cm³/mol. The van der Waals surface area contributed by atoms with E-state index in [1.54, 1.807) is 0 Å². The topological polar surface area (TPSA) is 12.5 Å². The van der Waals surface area contributed by atoms with Gasteiger partial charge >= 0.3 is 0 Å². The Morgan fingerprint density at radius 2 is 0.823 bits per heavy atom. The van der Waals surface area contributed by atoms with Crippen molar-refractivity contribution in [3.63, 3.8) is 0 Å². The van der Waals surface area contributed by atoms with Crippen LogP contribution in [0.3, 0.4) is 0 Å². The van der Waals surface area contributed by atoms with Crippen molar-refractivity contribution in [2.75, 3.05) is 4.90 Å². The zero-order valence-electron chi connectivity index (χ0n) is 33.9. The summed E-state index contributed by atoms with van der Waals surface area (Å²) < 4.78 is 6.42. The second-order valence-corrected chi connectivity index (χ2v) is 16.0. The second kappa shape index (κ2) is 14.8. The molecule has 0 bridgehead atoms. The number of hydrogen-bond acceptors (Lipinski definition) is 2. The molecule has 0 N–H and O–H groups in total. The smallest absolute Gasteiger partial charge is 0.135 e. The lowest BCUT2D eigenvalue weighted by Crippen LogP contribution is -2.12. The molecule has 0 radical (unpaired) electrons. The van der Waals surface area contributed by atoms with Gasteiger partial charge in [0.25, 0.3) is 0 Å². The van der Waals surface area contributed by atoms with Gasteiger partial charge in [-0.1, -0.05) is 188 Å². The van der Waals surface area contributed by atoms with Gasteiger partial charge in [0, 0.05) is 27.8 Å². The minimum atomic E-state index is 0.884. The zero-order valence-corrected chi connectivity index (χ0v) is 33.9. The molecule has 1 aliphatic rings. The Morgan fingerprint density at radius 3 is 1.65 bits per heavy atom. The Bertz CT molecular complexity index is 3500. The van der Waals surface area contributed by atoms with Crippen LogP contribution in [0, 0.1) is 0 Å². The van der Waals surface area contributed by atoms with Gasteiger partial charge in [-0.2, -0.15) is 0 Å². The van der Waals surface area contributed by atoms with E-state index in [2.05, 4.69) is 235 Å². The maximum atomic E-state index is 6.42. The molecule has 1 aliphatic heterocycles. The van der Waals surface area contributed by atoms with Crippen molar-refractivity contribution in [2.45, 2.75) is 0 Å². The van der Waals surface area contributed by atoms with Crippen molar-refractivity contribution in [3.8, 4) is 67.1 Å². The molecule has 0 atom stereocenters. The first kappa shape index (κ1) is 35.7. The van der Waals surface area contributed by atoms with Gasteiger partial charge < -0.3 is 9.64 Å². The molecule has 2 nitrogen and oxygen atoms in total. The standard InChI is InChI=1S/C60H39NO/c1-2-17-41(18-3-1)48-30-14-21-42-22-15-32-53(59(42)48)51-28-7-10-34-56(51)61(55-33-9-6-27-50(55)49-31-13-20-40-19-4-5-26-47(40)49)46-25-12-23-43(38-46)45-37-44-24-16-36-58-60(44)54(39-45)52-29-8-11-35-57(52)62-58/h1-39H. The Morgan fingerprint density at radius 1 is 0.274 bits per heavy atom. The SMILES string of the molecule is c1ccc(-c2cccc3cccc(-c4ccccc4N(c4cccc(-c5cc6c7c(cccc7c5)Oc5ccccc5-6)c4)c4ccccc4-c4cccc5ccccc45)c23)cc1. The largest absolute Gasteiger partial charge is 0.456 e. The van der Waals surface area contributed by atoms with Crippen LogP contribution in [0.15, 0.2) is 237 Å². The number of benzene rings is 11. The molecule has 1 heterocycles. The lowest BCUT2D eigenvalue weighted by Gasteiger charge is -2.31. The van der Waals surface area contributed by atoms with Crippen molar-refractivity contribution in [1.29, 1.82) is 0 Å². The fraction of sp³-hybridized carbons (Fsp3) is 0. The molecule has 62 heavy (non-hydrogen) atoms. The molecule has 11 aromatic carbocycles. The predicted octanol–water partition coefficient (Wildman–Crippen LogP) is 17.1. The lowest BCUT2D eigenvalue weighted by atomic mass is 9.89. The lowest BCUT2D eigenvalue weighted by molar-refractivity contribution is 0.487. The van der Waals surface area contributed by atoms with Crippen LogP contribution in [-0.2, 0) is 0 Å². The van der Waals surface area contributed by atoms with Gasteiger partial charge in [0.1, 0.15) is 11.5 Å². The molecular formula is C60H39NO. The quantitative estimate of drug-likeness (QED) is 0.159. The summed E-state index contributed by atoms with van der Waals surface area (Å²) in [4.78, 5) is 2.48. The number of fused-ring (bicyclic) bond motifs is 4. The Labute approximate surface area is 361 Å². The van der Waals surface area contributed by atoms with Crippen molar-refractivity contribution in [1.82, 2.24) is 0 Å². The number of ether oxygens (including phenoxy) is 1. The van der Waals surface area contributed by atoms with Crippen LogP contribution in [0.2, 0.25) is 0 Å². The fourth-order valence-electron chi connectivity index (χ4n) is 9.66. The average Bonchev–Trinajstić information content (AvgIpc) is 3.34. The maximum absolute atomic E-state index is 6.42. The summed E-state index contributed by atoms with van der Waals surface area (Å²) in [6.07, 6.45) is 0. The molecule has 0 aromatic heterocycles. The van der Waals surface area contributed by atoms with Gasteiger partial charge in [-0.25, -0.2) is 0 Å². The monoisotopic (exact) mass is 789 g/mol. The zero-order chi connectivity index (χ0) is 41.0. The summed E-state index contributed by atoms with van der Waals surface area (Å²) >= 11 is 0. The third-order valence-corrected chi connectivity index (χ3v) is 12.4. The average molecular weight is 790 g/mol. The summed E-state index contributed by atoms with van der Waals surface area (Å²) in [7, 11) is 0. The molecule has 0 unspecified atom stereocenters. The molecule has 0 saturated heterocycles. The van der Waals surface area contributed by atoms with E-state index in [9.17, 15) is 0 Å². The van der Waals surface area contributed by atoms with E-state index < -0.39 is 0 Å². The minimum absolute atomic E-state index is 0.884. The van der Waals surface area contributed by atoms with Gasteiger partial charge in [-0.15, -0.1) is 0 Å². The van der Waals surface area contributed by atoms with E-state index in [4.69, 9.17) is 4.74 Å². The summed E-state index contributed by atoms with van der Waals surface area (Å²) in [5.74, 6) is 1.78. The van der Waals surface area contributed by atoms with Crippen molar-refractivity contribution in [3.05, 3.63) is 237 Å². The van der Waals surface area contributed by atoms with E-state index in [1.807, 2.05) is 6.07 Å². The Hall–Kier alpha value is -8.20. The van der Waals surface area contributed by atoms with E-state index in [0.717, 1.165) is 67.2 Å². The third-order valence-electron chi connectivity index (χ3n) is 12.4. The van der Waals surface area contributed by atoms with Gasteiger partial charge in [-0.05, 0) is 114 Å². The number of nitrogens with zero attached hydrogens (tertiary/aromatic N) is 1. The van der Waals surface area contributed by atoms with Crippen LogP contribution in [0.1, 0.15) is 0 Å². The van der Waals surface area contributed by atoms with Crippen molar-refractivity contribution in [2.24, 2.45) is 0 Å². The summed E-state index contributed by atoms with van der Waals surface area (Å²) in [5, 5.41) is 7.18. The van der Waals surface area contributed by atoms with Gasteiger partial charge in [0.2, 0.25) is 0 Å². The molecule has 0 amide bonds. The number of rotatable bonds is 7. The first-order valence-corrected chi connectivity index (χ1v) is 21.3. The maximum Gasteiger partial charge on any atom is 0.135 e. The van der Waals surface area contributed by atoms with Gasteiger partial charge in [-0.3, -0.25) is 0 Å². The van der Waals surface area contributed by atoms with Gasteiger partial charge in [0.05, 0.1) is 11.4 Å². The molecular weight excluding hydrogens is 751 g/mol. The number of anilines is 3. The summed E-state index contributed by atoms with van der Waals surface area (Å²) in [6, 6.07) is 85.7. The number of hydrogen-bond donors (Lipinski definition) is 0. The van der Waals surface area contributed by atoms with Crippen LogP contribution in [0.4, 0.5) is 17.1 Å². The molecule has 12 rings (SSSR count). The Balaban J connectivity index is 1.11. The summed E-state index contributed by atoms with van der Waals surface area (Å²) in [6.45, 7) is 0. The van der Waals surface area contributed by atoms with Crippen LogP contribution in [0.25, 0.3) is 88.0 Å². The highest BCUT2D eigenvalue weighted by molar-refractivity contribution is 6.10. The van der Waals surface area contributed by atoms with Crippen LogP contribution in [0.5, 0.6) is 11.5 Å². The highest BCUT2D eigenvalue weighted by Gasteiger charge is 2.24. The normalized spacial score (nSPS) is 11.7. The Kier molecular flexibility index (Phi) is 8.53. The van der Waals surface area contributed by atoms with Crippen LogP contribution >= 0.6 is 0 Å². The van der Waals surface area contributed by atoms with Crippen LogP contribution < -0.4 is 9.64 Å². The van der Waals surface area contributed by atoms with Gasteiger partial charge in [0.15, 0.2) is 0 Å². The van der Waals surface area contributed by atoms with E-state index in [1.165, 1.54) is 49.4 Å². The highest BCUT2D eigenvalue weighted by Crippen LogP contribution is 2.50. The van der Waals surface area contributed by atoms with Crippen molar-refractivity contribution < 1.29 is 4.74 Å². The van der Waals surface area contributed by atoms with E-state index in [-0.39, 0.29) is 0 Å². The fourth-order valence-corrected chi connectivity index (χ4v) is 9.66. The molecule has 11 aromatic rings. The van der Waals surface area contributed by atoms with E-state index >= 15 is 0 Å². The molecule has 0 aliphatic carbocycles. The molecule has 2 heteroatoms. The molecule has 0 spiro atoms. The minimum Gasteiger partial charge on any atom is -0.456 e.